The van der Waals surface area contributed by atoms with Gasteiger partial charge in [-0.15, -0.1) is 0 Å². The predicted molar refractivity (Wildman–Crippen MR) is 50.7 cm³/mol. The normalized spacial score (nSPS) is 9.60. The second kappa shape index (κ2) is 3.65. The Kier molecular flexibility index (Phi) is 2.56. The van der Waals surface area contributed by atoms with Gasteiger partial charge in [-0.25, -0.2) is 9.97 Å². The molecule has 0 aliphatic rings. The van der Waals surface area contributed by atoms with Crippen molar-refractivity contribution in [2.45, 2.75) is 0 Å². The molecule has 1 rings (SSSR count). The average molecular weight is 209 g/mol. The van der Waals surface area contributed by atoms with Crippen LogP contribution in [0.5, 0.6) is 0 Å². The van der Waals surface area contributed by atoms with Gasteiger partial charge >= 0.3 is 5.69 Å². The summed E-state index contributed by atoms with van der Waals surface area (Å²) in [5.41, 5.74) is 9.34. The summed E-state index contributed by atoms with van der Waals surface area (Å²) in [7, 11) is 0. The molecule has 0 saturated carbocycles. The van der Waals surface area contributed by atoms with Crippen molar-refractivity contribution in [3.8, 4) is 0 Å². The molecule has 0 spiro atoms. The molecule has 0 unspecified atom stereocenters. The van der Waals surface area contributed by atoms with E-state index in [4.69, 9.17) is 22.3 Å². The molecule has 1 aromatic rings. The molecule has 6 N–H and O–H groups in total. The maximum Gasteiger partial charge on any atom is 0.316 e. The van der Waals surface area contributed by atoms with Crippen LogP contribution in [0.1, 0.15) is 11.5 Å². The fourth-order valence-electron chi connectivity index (χ4n) is 0.837. The van der Waals surface area contributed by atoms with E-state index in [1.54, 1.807) is 0 Å². The fraction of sp³-hybridized carbons (Fsp3) is 0. The number of nitrogens with two attached hydrogens (primary N) is 2. The highest BCUT2D eigenvalue weighted by Gasteiger charge is 2.19. The summed E-state index contributed by atoms with van der Waals surface area (Å²) < 4.78 is 0. The lowest BCUT2D eigenvalue weighted by atomic mass is 10.3. The van der Waals surface area contributed by atoms with E-state index in [9.17, 15) is 10.1 Å². The van der Waals surface area contributed by atoms with Crippen LogP contribution >= 0.6 is 0 Å². The van der Waals surface area contributed by atoms with Crippen molar-refractivity contribution in [1.29, 1.82) is 10.8 Å². The number of nitrogens with one attached hydrogen (secondary N) is 2. The average Bonchev–Trinajstić information content (AvgIpc) is 2.16. The Hall–Kier alpha value is -2.58. The monoisotopic (exact) mass is 209 g/mol. The van der Waals surface area contributed by atoms with Crippen LogP contribution in [-0.2, 0) is 0 Å². The van der Waals surface area contributed by atoms with Crippen molar-refractivity contribution in [1.82, 2.24) is 9.97 Å². The molecule has 9 nitrogen and oxygen atoms in total. The zero-order valence-electron chi connectivity index (χ0n) is 7.39. The third-order valence-electron chi connectivity index (χ3n) is 1.46. The van der Waals surface area contributed by atoms with Gasteiger partial charge in [0, 0.05) is 0 Å². The lowest BCUT2D eigenvalue weighted by molar-refractivity contribution is -0.385. The Balaban J connectivity index is 3.40. The van der Waals surface area contributed by atoms with E-state index < -0.39 is 22.3 Å². The quantitative estimate of drug-likeness (QED) is 0.214. The number of aromatic nitrogens is 2. The molecule has 0 atom stereocenters. The second-order valence-electron chi connectivity index (χ2n) is 2.51. The van der Waals surface area contributed by atoms with Crippen LogP contribution in [-0.4, -0.2) is 26.6 Å². The molecule has 0 aromatic carbocycles. The first-order valence-electron chi connectivity index (χ1n) is 3.63. The SMILES string of the molecule is N=C(N)c1ncc([N+](=O)[O-])c(C(=N)N)n1. The number of nitrogens with zero attached hydrogens (tertiary/aromatic N) is 3. The Morgan fingerprint density at radius 3 is 2.40 bits per heavy atom. The first kappa shape index (κ1) is 10.5. The minimum Gasteiger partial charge on any atom is -0.382 e. The van der Waals surface area contributed by atoms with Gasteiger partial charge in [-0.05, 0) is 0 Å². The Morgan fingerprint density at radius 1 is 1.40 bits per heavy atom. The topological polar surface area (TPSA) is 169 Å². The van der Waals surface area contributed by atoms with E-state index in [0.29, 0.717) is 0 Å². The summed E-state index contributed by atoms with van der Waals surface area (Å²) in [6.07, 6.45) is 0.862. The second-order valence-corrected chi connectivity index (χ2v) is 2.51. The molecule has 0 aliphatic carbocycles. The molecule has 0 radical (unpaired) electrons. The van der Waals surface area contributed by atoms with E-state index in [-0.39, 0.29) is 11.5 Å². The number of hydrogen-bond acceptors (Lipinski definition) is 6. The number of nitrogen functional groups attached to an aromatic ring is 2. The lowest BCUT2D eigenvalue weighted by Crippen LogP contribution is -2.21. The summed E-state index contributed by atoms with van der Waals surface area (Å²) in [6.45, 7) is 0. The van der Waals surface area contributed by atoms with Gasteiger partial charge in [0.25, 0.3) is 0 Å². The molecule has 1 heterocycles. The van der Waals surface area contributed by atoms with E-state index >= 15 is 0 Å². The van der Waals surface area contributed by atoms with E-state index in [1.807, 2.05) is 0 Å². The van der Waals surface area contributed by atoms with Crippen LogP contribution in [0.2, 0.25) is 0 Å². The molecular weight excluding hydrogens is 202 g/mol. The highest BCUT2D eigenvalue weighted by molar-refractivity contribution is 5.98. The van der Waals surface area contributed by atoms with Crippen LogP contribution in [0.25, 0.3) is 0 Å². The number of rotatable bonds is 3. The Bertz CT molecular complexity index is 455. The maximum atomic E-state index is 10.5. The van der Waals surface area contributed by atoms with Gasteiger partial charge in [-0.1, -0.05) is 0 Å². The van der Waals surface area contributed by atoms with Gasteiger partial charge in [-0.2, -0.15) is 0 Å². The zero-order valence-corrected chi connectivity index (χ0v) is 7.39. The maximum absolute atomic E-state index is 10.5. The van der Waals surface area contributed by atoms with Crippen molar-refractivity contribution in [2.24, 2.45) is 11.5 Å². The minimum atomic E-state index is -0.763. The van der Waals surface area contributed by atoms with Gasteiger partial charge in [0.05, 0.1) is 4.92 Å². The van der Waals surface area contributed by atoms with Crippen LogP contribution in [0.15, 0.2) is 6.20 Å². The van der Waals surface area contributed by atoms with Crippen molar-refractivity contribution < 1.29 is 4.92 Å². The standard InChI is InChI=1S/C6H7N7O2/c7-4(8)3-2(13(14)15)1-11-6(12-3)5(9)10/h1H,(H3,7,8)(H3,9,10). The Labute approximate surface area is 83.3 Å². The summed E-state index contributed by atoms with van der Waals surface area (Å²) >= 11 is 0. The molecule has 1 aromatic heterocycles. The molecule has 0 amide bonds. The molecule has 0 bridgehead atoms. The zero-order chi connectivity index (χ0) is 11.6. The highest BCUT2D eigenvalue weighted by atomic mass is 16.6. The van der Waals surface area contributed by atoms with Gasteiger partial charge in [0.2, 0.25) is 0 Å². The first-order valence-corrected chi connectivity index (χ1v) is 3.63. The molecule has 0 saturated heterocycles. The van der Waals surface area contributed by atoms with Crippen LogP contribution in [0, 0.1) is 20.9 Å². The number of amidine groups is 2. The molecule has 78 valence electrons. The van der Waals surface area contributed by atoms with Crippen molar-refractivity contribution in [3.05, 3.63) is 27.8 Å². The Morgan fingerprint density at radius 2 is 2.00 bits per heavy atom. The van der Waals surface area contributed by atoms with E-state index in [1.165, 1.54) is 0 Å². The van der Waals surface area contributed by atoms with Crippen LogP contribution < -0.4 is 11.5 Å². The fourth-order valence-corrected chi connectivity index (χ4v) is 0.837. The summed E-state index contributed by atoms with van der Waals surface area (Å²) in [6, 6.07) is 0. The van der Waals surface area contributed by atoms with E-state index in [2.05, 4.69) is 9.97 Å². The third kappa shape index (κ3) is 2.02. The molecular formula is C6H7N7O2. The third-order valence-corrected chi connectivity index (χ3v) is 1.46. The van der Waals surface area contributed by atoms with Crippen molar-refractivity contribution >= 4 is 17.4 Å². The van der Waals surface area contributed by atoms with Gasteiger partial charge < -0.3 is 11.5 Å². The van der Waals surface area contributed by atoms with Gasteiger partial charge in [0.1, 0.15) is 12.0 Å². The number of nitro groups is 1. The smallest absolute Gasteiger partial charge is 0.316 e. The molecule has 0 aliphatic heterocycles. The minimum absolute atomic E-state index is 0.203. The summed E-state index contributed by atoms with van der Waals surface area (Å²) in [5.74, 6) is -1.23. The van der Waals surface area contributed by atoms with Crippen LogP contribution in [0.4, 0.5) is 5.69 Å². The number of hydrogen-bond donors (Lipinski definition) is 4. The molecule has 9 heteroatoms. The first-order chi connectivity index (χ1) is 6.93. The summed E-state index contributed by atoms with van der Waals surface area (Å²) in [5, 5.41) is 24.6. The van der Waals surface area contributed by atoms with Gasteiger partial charge in [-0.3, -0.25) is 20.9 Å². The highest BCUT2D eigenvalue weighted by Crippen LogP contribution is 2.13. The van der Waals surface area contributed by atoms with Crippen molar-refractivity contribution in [2.75, 3.05) is 0 Å². The largest absolute Gasteiger partial charge is 0.382 e. The van der Waals surface area contributed by atoms with E-state index in [0.717, 1.165) is 6.20 Å². The van der Waals surface area contributed by atoms with Gasteiger partial charge in [0.15, 0.2) is 17.4 Å². The lowest BCUT2D eigenvalue weighted by Gasteiger charge is -2.01. The predicted octanol–water partition coefficient (Wildman–Crippen LogP) is -1.05. The van der Waals surface area contributed by atoms with Crippen molar-refractivity contribution in [3.63, 3.8) is 0 Å². The summed E-state index contributed by atoms with van der Waals surface area (Å²) in [4.78, 5) is 16.8. The molecule has 0 fully saturated rings. The molecule has 15 heavy (non-hydrogen) atoms. The van der Waals surface area contributed by atoms with Crippen LogP contribution in [0.3, 0.4) is 0 Å².